The minimum absolute atomic E-state index is 0.0501. The van der Waals surface area contributed by atoms with E-state index in [2.05, 4.69) is 4.72 Å². The average molecular weight is 408 g/mol. The van der Waals surface area contributed by atoms with Crippen molar-refractivity contribution >= 4 is 37.1 Å². The van der Waals surface area contributed by atoms with Gasteiger partial charge < -0.3 is 5.11 Å². The number of rotatable bonds is 6. The summed E-state index contributed by atoms with van der Waals surface area (Å²) in [5.41, 5.74) is 0.400. The van der Waals surface area contributed by atoms with E-state index in [1.807, 2.05) is 0 Å². The number of hydrogen-bond acceptors (Lipinski definition) is 5. The quantitative estimate of drug-likeness (QED) is 0.765. The largest absolute Gasteiger partial charge is 0.395 e. The molecular formula is C15H15ClFNO5S2. The van der Waals surface area contributed by atoms with Gasteiger partial charge in [0.05, 0.1) is 28.0 Å². The van der Waals surface area contributed by atoms with E-state index < -0.39 is 42.9 Å². The van der Waals surface area contributed by atoms with E-state index in [4.69, 9.17) is 16.7 Å². The van der Waals surface area contributed by atoms with Crippen LogP contribution in [0.5, 0.6) is 0 Å². The van der Waals surface area contributed by atoms with E-state index in [-0.39, 0.29) is 15.6 Å². The molecule has 136 valence electrons. The smallest absolute Gasteiger partial charge is 0.266 e. The fourth-order valence-electron chi connectivity index (χ4n) is 2.12. The summed E-state index contributed by atoms with van der Waals surface area (Å²) in [6, 6.07) is 7.23. The molecule has 0 aliphatic carbocycles. The first-order chi connectivity index (χ1) is 11.6. The summed E-state index contributed by atoms with van der Waals surface area (Å²) in [7, 11) is -7.97. The third kappa shape index (κ3) is 4.30. The van der Waals surface area contributed by atoms with Crippen molar-refractivity contribution in [2.75, 3.05) is 17.1 Å². The molecule has 6 nitrogen and oxygen atoms in total. The highest BCUT2D eigenvalue weighted by atomic mass is 35.5. The molecule has 0 amide bonds. The first-order valence-electron chi connectivity index (χ1n) is 6.99. The van der Waals surface area contributed by atoms with Gasteiger partial charge in [0, 0.05) is 0 Å². The molecule has 0 spiro atoms. The van der Waals surface area contributed by atoms with Crippen molar-refractivity contribution in [3.05, 3.63) is 52.8 Å². The Morgan fingerprint density at radius 2 is 1.84 bits per heavy atom. The Labute approximate surface area is 150 Å². The van der Waals surface area contributed by atoms with Crippen molar-refractivity contribution in [1.29, 1.82) is 0 Å². The molecule has 0 bridgehead atoms. The van der Waals surface area contributed by atoms with Gasteiger partial charge in [0.25, 0.3) is 10.0 Å². The molecule has 0 heterocycles. The zero-order valence-corrected chi connectivity index (χ0v) is 15.4. The molecule has 0 saturated heterocycles. The van der Waals surface area contributed by atoms with E-state index in [0.29, 0.717) is 5.56 Å². The normalized spacial score (nSPS) is 12.2. The SMILES string of the molecule is Cc1cc(S(=O)(=O)CCO)ccc1NS(=O)(=O)c1c(F)cccc1Cl. The van der Waals surface area contributed by atoms with Gasteiger partial charge >= 0.3 is 0 Å². The van der Waals surface area contributed by atoms with Gasteiger partial charge in [-0.25, -0.2) is 21.2 Å². The van der Waals surface area contributed by atoms with Crippen molar-refractivity contribution in [1.82, 2.24) is 0 Å². The van der Waals surface area contributed by atoms with Crippen molar-refractivity contribution in [3.8, 4) is 0 Å². The predicted molar refractivity (Wildman–Crippen MR) is 92.5 cm³/mol. The maximum atomic E-state index is 13.8. The van der Waals surface area contributed by atoms with Crippen LogP contribution < -0.4 is 4.72 Å². The lowest BCUT2D eigenvalue weighted by molar-refractivity contribution is 0.319. The number of benzene rings is 2. The molecule has 0 aliphatic heterocycles. The number of aliphatic hydroxyl groups excluding tert-OH is 1. The predicted octanol–water partition coefficient (Wildman–Crippen LogP) is 2.35. The number of sulfone groups is 1. The zero-order chi connectivity index (χ0) is 18.8. The minimum atomic E-state index is -4.30. The molecule has 2 aromatic carbocycles. The van der Waals surface area contributed by atoms with Crippen LogP contribution in [-0.2, 0) is 19.9 Å². The topological polar surface area (TPSA) is 101 Å². The highest BCUT2D eigenvalue weighted by Gasteiger charge is 2.24. The fourth-order valence-corrected chi connectivity index (χ4v) is 4.96. The van der Waals surface area contributed by atoms with Gasteiger partial charge in [-0.1, -0.05) is 17.7 Å². The lowest BCUT2D eigenvalue weighted by atomic mass is 10.2. The van der Waals surface area contributed by atoms with Gasteiger partial charge in [-0.05, 0) is 42.8 Å². The Morgan fingerprint density at radius 3 is 2.40 bits per heavy atom. The maximum absolute atomic E-state index is 13.8. The van der Waals surface area contributed by atoms with Gasteiger partial charge in [0.1, 0.15) is 10.7 Å². The van der Waals surface area contributed by atoms with Crippen LogP contribution in [0.15, 0.2) is 46.2 Å². The molecule has 0 aliphatic rings. The number of aryl methyl sites for hydroxylation is 1. The molecule has 0 aromatic heterocycles. The third-order valence-corrected chi connectivity index (χ3v) is 6.91. The Kier molecular flexibility index (Phi) is 5.72. The van der Waals surface area contributed by atoms with Crippen molar-refractivity contribution in [2.45, 2.75) is 16.7 Å². The second-order valence-corrected chi connectivity index (χ2v) is 9.31. The van der Waals surface area contributed by atoms with E-state index in [1.165, 1.54) is 37.3 Å². The van der Waals surface area contributed by atoms with Crippen molar-refractivity contribution in [2.24, 2.45) is 0 Å². The molecule has 0 unspecified atom stereocenters. The maximum Gasteiger partial charge on any atom is 0.266 e. The average Bonchev–Trinajstić information content (AvgIpc) is 2.48. The lowest BCUT2D eigenvalue weighted by Gasteiger charge is -2.13. The second-order valence-electron chi connectivity index (χ2n) is 5.18. The summed E-state index contributed by atoms with van der Waals surface area (Å²) in [5.74, 6) is -1.44. The Morgan fingerprint density at radius 1 is 1.16 bits per heavy atom. The van der Waals surface area contributed by atoms with Crippen molar-refractivity contribution in [3.63, 3.8) is 0 Å². The van der Waals surface area contributed by atoms with Gasteiger partial charge in [-0.2, -0.15) is 0 Å². The molecule has 2 rings (SSSR count). The molecule has 25 heavy (non-hydrogen) atoms. The van der Waals surface area contributed by atoms with Gasteiger partial charge in [-0.3, -0.25) is 4.72 Å². The highest BCUT2D eigenvalue weighted by molar-refractivity contribution is 7.93. The van der Waals surface area contributed by atoms with Crippen LogP contribution in [0.2, 0.25) is 5.02 Å². The third-order valence-electron chi connectivity index (χ3n) is 3.35. The number of halogens is 2. The zero-order valence-electron chi connectivity index (χ0n) is 13.0. The Bertz CT molecular complexity index is 986. The Balaban J connectivity index is 2.41. The number of anilines is 1. The summed E-state index contributed by atoms with van der Waals surface area (Å²) in [4.78, 5) is -0.737. The van der Waals surface area contributed by atoms with Gasteiger partial charge in [0.2, 0.25) is 0 Å². The Hall–Kier alpha value is -1.68. The molecule has 2 N–H and O–H groups in total. The van der Waals surface area contributed by atoms with E-state index >= 15 is 0 Å². The van der Waals surface area contributed by atoms with Crippen LogP contribution in [0, 0.1) is 12.7 Å². The van der Waals surface area contributed by atoms with Gasteiger partial charge in [-0.15, -0.1) is 0 Å². The highest BCUT2D eigenvalue weighted by Crippen LogP contribution is 2.28. The summed E-state index contributed by atoms with van der Waals surface area (Å²) in [6.45, 7) is 0.973. The minimum Gasteiger partial charge on any atom is -0.395 e. The van der Waals surface area contributed by atoms with Crippen LogP contribution in [0.3, 0.4) is 0 Å². The number of aliphatic hydroxyl groups is 1. The van der Waals surface area contributed by atoms with Gasteiger partial charge in [0.15, 0.2) is 9.84 Å². The van der Waals surface area contributed by atoms with Crippen LogP contribution in [0.4, 0.5) is 10.1 Å². The number of hydrogen-bond donors (Lipinski definition) is 2. The molecule has 2 aromatic rings. The second kappa shape index (κ2) is 7.28. The number of nitrogens with one attached hydrogen (secondary N) is 1. The van der Waals surface area contributed by atoms with Crippen LogP contribution in [0.1, 0.15) is 5.56 Å². The van der Waals surface area contributed by atoms with Crippen LogP contribution in [0.25, 0.3) is 0 Å². The summed E-state index contributed by atoms with van der Waals surface area (Å²) in [6.07, 6.45) is 0. The first kappa shape index (κ1) is 19.6. The van der Waals surface area contributed by atoms with Crippen molar-refractivity contribution < 1.29 is 26.3 Å². The molecular weight excluding hydrogens is 393 g/mol. The molecule has 0 saturated carbocycles. The van der Waals surface area contributed by atoms with Crippen LogP contribution >= 0.6 is 11.6 Å². The summed E-state index contributed by atoms with van der Waals surface area (Å²) in [5, 5.41) is 8.53. The summed E-state index contributed by atoms with van der Waals surface area (Å²) < 4.78 is 64.7. The molecule has 0 atom stereocenters. The lowest BCUT2D eigenvalue weighted by Crippen LogP contribution is -2.16. The standard InChI is InChI=1S/C15H15ClFNO5S2/c1-10-9-11(24(20,21)8-7-19)5-6-14(10)18-25(22,23)15-12(16)3-2-4-13(15)17/h2-6,9,18-19H,7-8H2,1H3. The molecule has 0 fully saturated rings. The van der Waals surface area contributed by atoms with E-state index in [1.54, 1.807) is 0 Å². The molecule has 10 heteroatoms. The first-order valence-corrected chi connectivity index (χ1v) is 10.5. The van der Waals surface area contributed by atoms with E-state index in [9.17, 15) is 21.2 Å². The van der Waals surface area contributed by atoms with E-state index in [0.717, 1.165) is 6.07 Å². The fraction of sp³-hybridized carbons (Fsp3) is 0.200. The molecule has 0 radical (unpaired) electrons. The monoisotopic (exact) mass is 407 g/mol. The number of sulfonamides is 1. The summed E-state index contributed by atoms with van der Waals surface area (Å²) >= 11 is 5.78. The van der Waals surface area contributed by atoms with Crippen LogP contribution in [-0.4, -0.2) is 34.3 Å².